The Morgan fingerprint density at radius 2 is 1.81 bits per heavy atom. The summed E-state index contributed by atoms with van der Waals surface area (Å²) in [6.07, 6.45) is 4.05. The Labute approximate surface area is 186 Å². The molecule has 2 fully saturated rings. The lowest BCUT2D eigenvalue weighted by Crippen LogP contribution is -2.29. The van der Waals surface area contributed by atoms with Crippen molar-refractivity contribution in [1.82, 2.24) is 15.5 Å². The van der Waals surface area contributed by atoms with Crippen molar-refractivity contribution in [2.75, 3.05) is 18.4 Å². The summed E-state index contributed by atoms with van der Waals surface area (Å²) >= 11 is 6.14. The van der Waals surface area contributed by atoms with Crippen LogP contribution in [0.5, 0.6) is 0 Å². The number of likely N-dealkylation sites (tertiary alicyclic amines) is 1. The Hall–Kier alpha value is -3.06. The fourth-order valence-electron chi connectivity index (χ4n) is 3.54. The molecule has 1 aliphatic carbocycles. The number of hydrogen-bond acceptors (Lipinski definition) is 3. The maximum atomic E-state index is 12.5. The number of nitrogens with one attached hydrogen (secondary N) is 3. The summed E-state index contributed by atoms with van der Waals surface area (Å²) in [5.41, 5.74) is 2.27. The van der Waals surface area contributed by atoms with Crippen molar-refractivity contribution in [3.8, 4) is 0 Å². The Kier molecular flexibility index (Phi) is 6.42. The van der Waals surface area contributed by atoms with Crippen molar-refractivity contribution in [1.29, 1.82) is 0 Å². The van der Waals surface area contributed by atoms with Crippen LogP contribution in [-0.4, -0.2) is 41.9 Å². The van der Waals surface area contributed by atoms with E-state index in [0.717, 1.165) is 44.3 Å². The molecule has 162 valence electrons. The van der Waals surface area contributed by atoms with E-state index in [1.807, 2.05) is 23.1 Å². The zero-order chi connectivity index (χ0) is 21.8. The van der Waals surface area contributed by atoms with Gasteiger partial charge in [0.15, 0.2) is 0 Å². The lowest BCUT2D eigenvalue weighted by molar-refractivity contribution is 0.0792. The largest absolute Gasteiger partial charge is 0.349 e. The van der Waals surface area contributed by atoms with E-state index in [2.05, 4.69) is 16.0 Å². The van der Waals surface area contributed by atoms with Gasteiger partial charge in [0.2, 0.25) is 0 Å². The van der Waals surface area contributed by atoms with Crippen LogP contribution in [0.2, 0.25) is 5.02 Å². The Morgan fingerprint density at radius 1 is 1.03 bits per heavy atom. The molecule has 4 rings (SSSR count). The van der Waals surface area contributed by atoms with Crippen molar-refractivity contribution >= 4 is 35.1 Å². The molecule has 0 atom stereocenters. The summed E-state index contributed by atoms with van der Waals surface area (Å²) in [5.74, 6) is -0.210. The van der Waals surface area contributed by atoms with E-state index in [0.29, 0.717) is 21.8 Å². The molecule has 2 aromatic carbocycles. The standard InChI is InChI=1S/C23H25ClN4O3/c24-20-9-8-18(13-19(20)21(29)26-17-6-7-17)27-23(31)25-14-15-4-3-5-16(12-15)22(30)28-10-1-2-11-28/h3-5,8-9,12-13,17H,1-2,6-7,10-11,14H2,(H,26,29)(H2,25,27,31). The molecule has 0 bridgehead atoms. The Bertz CT molecular complexity index is 1000. The molecule has 2 aromatic rings. The van der Waals surface area contributed by atoms with Crippen LogP contribution >= 0.6 is 11.6 Å². The third-order valence-electron chi connectivity index (χ3n) is 5.40. The van der Waals surface area contributed by atoms with Crippen LogP contribution in [0.4, 0.5) is 10.5 Å². The molecule has 1 aliphatic heterocycles. The number of halogens is 1. The van der Waals surface area contributed by atoms with Gasteiger partial charge >= 0.3 is 6.03 Å². The fourth-order valence-corrected chi connectivity index (χ4v) is 3.75. The van der Waals surface area contributed by atoms with Gasteiger partial charge in [-0.2, -0.15) is 0 Å². The molecule has 0 aromatic heterocycles. The van der Waals surface area contributed by atoms with Crippen LogP contribution in [0.15, 0.2) is 42.5 Å². The van der Waals surface area contributed by atoms with Crippen molar-refractivity contribution < 1.29 is 14.4 Å². The van der Waals surface area contributed by atoms with Crippen molar-refractivity contribution in [2.45, 2.75) is 38.3 Å². The van der Waals surface area contributed by atoms with Crippen LogP contribution in [0.25, 0.3) is 0 Å². The quantitative estimate of drug-likeness (QED) is 0.638. The maximum absolute atomic E-state index is 12.5. The summed E-state index contributed by atoms with van der Waals surface area (Å²) in [6.45, 7) is 1.87. The normalized spacial score (nSPS) is 15.5. The second-order valence-corrected chi connectivity index (χ2v) is 8.36. The highest BCUT2D eigenvalue weighted by Crippen LogP contribution is 2.24. The van der Waals surface area contributed by atoms with E-state index < -0.39 is 6.03 Å². The average molecular weight is 441 g/mol. The molecule has 4 amide bonds. The molecule has 3 N–H and O–H groups in total. The minimum atomic E-state index is -0.410. The summed E-state index contributed by atoms with van der Waals surface area (Å²) in [6, 6.07) is 11.9. The smallest absolute Gasteiger partial charge is 0.319 e. The van der Waals surface area contributed by atoms with Gasteiger partial charge in [-0.25, -0.2) is 4.79 Å². The van der Waals surface area contributed by atoms with Gasteiger partial charge in [0.25, 0.3) is 11.8 Å². The topological polar surface area (TPSA) is 90.5 Å². The highest BCUT2D eigenvalue weighted by molar-refractivity contribution is 6.34. The van der Waals surface area contributed by atoms with Crippen LogP contribution in [-0.2, 0) is 6.54 Å². The summed E-state index contributed by atoms with van der Waals surface area (Å²) in [7, 11) is 0. The highest BCUT2D eigenvalue weighted by atomic mass is 35.5. The third-order valence-corrected chi connectivity index (χ3v) is 5.73. The molecule has 1 saturated heterocycles. The van der Waals surface area contributed by atoms with Gasteiger partial charge in [0, 0.05) is 36.9 Å². The number of urea groups is 1. The maximum Gasteiger partial charge on any atom is 0.319 e. The number of carbonyl (C=O) groups excluding carboxylic acids is 3. The average Bonchev–Trinajstić information content (AvgIpc) is 3.41. The molecular formula is C23H25ClN4O3. The summed E-state index contributed by atoms with van der Waals surface area (Å²) in [4.78, 5) is 39.0. The Balaban J connectivity index is 1.33. The molecule has 1 saturated carbocycles. The highest BCUT2D eigenvalue weighted by Gasteiger charge is 2.25. The lowest BCUT2D eigenvalue weighted by atomic mass is 10.1. The van der Waals surface area contributed by atoms with Crippen LogP contribution in [0.3, 0.4) is 0 Å². The number of hydrogen-bond donors (Lipinski definition) is 3. The van der Waals surface area contributed by atoms with Crippen LogP contribution < -0.4 is 16.0 Å². The first kappa shape index (κ1) is 21.2. The molecule has 7 nitrogen and oxygen atoms in total. The van der Waals surface area contributed by atoms with E-state index in [9.17, 15) is 14.4 Å². The summed E-state index contributed by atoms with van der Waals surface area (Å²) in [5, 5.41) is 8.73. The number of carbonyl (C=O) groups is 3. The van der Waals surface area contributed by atoms with Gasteiger partial charge in [-0.15, -0.1) is 0 Å². The van der Waals surface area contributed by atoms with Crippen LogP contribution in [0.1, 0.15) is 52.0 Å². The first-order chi connectivity index (χ1) is 15.0. The van der Waals surface area contributed by atoms with E-state index in [-0.39, 0.29) is 24.4 Å². The fraction of sp³-hybridized carbons (Fsp3) is 0.348. The minimum absolute atomic E-state index is 0.0296. The zero-order valence-corrected chi connectivity index (χ0v) is 17.9. The second kappa shape index (κ2) is 9.39. The number of nitrogens with zero attached hydrogens (tertiary/aromatic N) is 1. The van der Waals surface area contributed by atoms with Crippen molar-refractivity contribution in [2.24, 2.45) is 0 Å². The van der Waals surface area contributed by atoms with Gasteiger partial charge in [-0.1, -0.05) is 23.7 Å². The molecule has 0 radical (unpaired) electrons. The van der Waals surface area contributed by atoms with Crippen molar-refractivity contribution in [3.63, 3.8) is 0 Å². The summed E-state index contributed by atoms with van der Waals surface area (Å²) < 4.78 is 0. The van der Waals surface area contributed by atoms with E-state index >= 15 is 0 Å². The predicted octanol–water partition coefficient (Wildman–Crippen LogP) is 3.79. The number of anilines is 1. The third kappa shape index (κ3) is 5.55. The van der Waals surface area contributed by atoms with Gasteiger partial charge in [-0.3, -0.25) is 9.59 Å². The molecular weight excluding hydrogens is 416 g/mol. The van der Waals surface area contributed by atoms with Crippen molar-refractivity contribution in [3.05, 3.63) is 64.2 Å². The van der Waals surface area contributed by atoms with Gasteiger partial charge in [-0.05, 0) is 61.6 Å². The predicted molar refractivity (Wildman–Crippen MR) is 119 cm³/mol. The number of amides is 4. The molecule has 0 spiro atoms. The number of rotatable bonds is 6. The first-order valence-electron chi connectivity index (χ1n) is 10.5. The molecule has 0 unspecified atom stereocenters. The molecule has 2 aliphatic rings. The molecule has 8 heteroatoms. The van der Waals surface area contributed by atoms with Gasteiger partial charge < -0.3 is 20.9 Å². The Morgan fingerprint density at radius 3 is 2.55 bits per heavy atom. The monoisotopic (exact) mass is 440 g/mol. The SMILES string of the molecule is O=C(NCc1cccc(C(=O)N2CCCC2)c1)Nc1ccc(Cl)c(C(=O)NC2CC2)c1. The first-order valence-corrected chi connectivity index (χ1v) is 10.9. The van der Waals surface area contributed by atoms with Gasteiger partial charge in [0.1, 0.15) is 0 Å². The lowest BCUT2D eigenvalue weighted by Gasteiger charge is -2.16. The zero-order valence-electron chi connectivity index (χ0n) is 17.1. The van der Waals surface area contributed by atoms with E-state index in [1.54, 1.807) is 24.3 Å². The van der Waals surface area contributed by atoms with Crippen LogP contribution in [0, 0.1) is 0 Å². The minimum Gasteiger partial charge on any atom is -0.349 e. The molecule has 31 heavy (non-hydrogen) atoms. The second-order valence-electron chi connectivity index (χ2n) is 7.95. The van der Waals surface area contributed by atoms with E-state index in [4.69, 9.17) is 11.6 Å². The molecule has 1 heterocycles. The number of benzene rings is 2. The van der Waals surface area contributed by atoms with E-state index in [1.165, 1.54) is 0 Å². The van der Waals surface area contributed by atoms with Gasteiger partial charge in [0.05, 0.1) is 10.6 Å².